The summed E-state index contributed by atoms with van der Waals surface area (Å²) in [6.07, 6.45) is 1.63. The van der Waals surface area contributed by atoms with E-state index in [4.69, 9.17) is 20.8 Å². The summed E-state index contributed by atoms with van der Waals surface area (Å²) in [6, 6.07) is 17.3. The summed E-state index contributed by atoms with van der Waals surface area (Å²) in [5, 5.41) is 10.00. The van der Waals surface area contributed by atoms with E-state index in [2.05, 4.69) is 10.2 Å². The lowest BCUT2D eigenvalue weighted by molar-refractivity contribution is 0.287. The molecule has 0 N–H and O–H groups in total. The number of nitrogens with zero attached hydrogens (tertiary/aromatic N) is 3. The SMILES string of the molecule is Fc1ccc(CSc2nnc(COc3ccc(Cl)cc3)n2Cc2ccco2)cc1. The number of thioether (sulfide) groups is 1. The Morgan fingerprint density at radius 1 is 1.03 bits per heavy atom. The fraction of sp³-hybridized carbons (Fsp3) is 0.143. The Balaban J connectivity index is 1.50. The molecule has 0 saturated heterocycles. The summed E-state index contributed by atoms with van der Waals surface area (Å²) in [4.78, 5) is 0. The maximum atomic E-state index is 13.1. The van der Waals surface area contributed by atoms with E-state index in [0.29, 0.717) is 28.9 Å². The molecular weight excluding hydrogens is 413 g/mol. The average Bonchev–Trinajstić information content (AvgIpc) is 3.38. The Labute approximate surface area is 176 Å². The fourth-order valence-corrected chi connectivity index (χ4v) is 3.70. The van der Waals surface area contributed by atoms with Crippen LogP contribution in [0.5, 0.6) is 5.75 Å². The monoisotopic (exact) mass is 429 g/mol. The molecular formula is C21H17ClFN3O2S. The Morgan fingerprint density at radius 3 is 2.55 bits per heavy atom. The van der Waals surface area contributed by atoms with E-state index in [-0.39, 0.29) is 12.4 Å². The first-order valence-corrected chi connectivity index (χ1v) is 10.2. The Hall–Kier alpha value is -2.77. The van der Waals surface area contributed by atoms with Gasteiger partial charge >= 0.3 is 0 Å². The number of ether oxygens (including phenoxy) is 1. The summed E-state index contributed by atoms with van der Waals surface area (Å²) in [7, 11) is 0. The molecule has 0 aliphatic rings. The van der Waals surface area contributed by atoms with Crippen molar-refractivity contribution in [2.24, 2.45) is 0 Å². The van der Waals surface area contributed by atoms with Gasteiger partial charge in [-0.25, -0.2) is 4.39 Å². The van der Waals surface area contributed by atoms with Crippen molar-refractivity contribution in [1.82, 2.24) is 14.8 Å². The molecule has 0 amide bonds. The first-order chi connectivity index (χ1) is 14.2. The van der Waals surface area contributed by atoms with Crippen LogP contribution >= 0.6 is 23.4 Å². The highest BCUT2D eigenvalue weighted by Gasteiger charge is 2.15. The summed E-state index contributed by atoms with van der Waals surface area (Å²) in [5.41, 5.74) is 1.00. The van der Waals surface area contributed by atoms with E-state index >= 15 is 0 Å². The van der Waals surface area contributed by atoms with Gasteiger partial charge in [0.15, 0.2) is 11.0 Å². The van der Waals surface area contributed by atoms with Crippen molar-refractivity contribution in [3.8, 4) is 5.75 Å². The molecule has 2 aromatic carbocycles. The molecule has 29 heavy (non-hydrogen) atoms. The third kappa shape index (κ3) is 5.19. The van der Waals surface area contributed by atoms with Crippen molar-refractivity contribution in [2.75, 3.05) is 0 Å². The first kappa shape index (κ1) is 19.5. The number of halogens is 2. The van der Waals surface area contributed by atoms with E-state index in [9.17, 15) is 4.39 Å². The third-order valence-electron chi connectivity index (χ3n) is 4.15. The summed E-state index contributed by atoms with van der Waals surface area (Å²) >= 11 is 7.44. The molecule has 0 atom stereocenters. The fourth-order valence-electron chi connectivity index (χ4n) is 2.66. The van der Waals surface area contributed by atoms with Crippen LogP contribution in [0, 0.1) is 5.82 Å². The van der Waals surface area contributed by atoms with E-state index in [1.165, 1.54) is 23.9 Å². The van der Waals surface area contributed by atoms with E-state index in [0.717, 1.165) is 16.5 Å². The van der Waals surface area contributed by atoms with Gasteiger partial charge in [0.2, 0.25) is 0 Å². The van der Waals surface area contributed by atoms with E-state index in [1.54, 1.807) is 42.7 Å². The molecule has 0 aliphatic carbocycles. The molecule has 4 rings (SSSR count). The van der Waals surface area contributed by atoms with Gasteiger partial charge in [-0.3, -0.25) is 4.57 Å². The number of hydrogen-bond donors (Lipinski definition) is 0. The zero-order chi connectivity index (χ0) is 20.1. The molecule has 0 fully saturated rings. The van der Waals surface area contributed by atoms with Gasteiger partial charge in [-0.1, -0.05) is 35.5 Å². The average molecular weight is 430 g/mol. The van der Waals surface area contributed by atoms with Gasteiger partial charge in [-0.05, 0) is 54.1 Å². The molecule has 0 radical (unpaired) electrons. The van der Waals surface area contributed by atoms with Crippen molar-refractivity contribution < 1.29 is 13.5 Å². The van der Waals surface area contributed by atoms with Crippen molar-refractivity contribution in [3.05, 3.63) is 94.9 Å². The highest BCUT2D eigenvalue weighted by molar-refractivity contribution is 7.98. The van der Waals surface area contributed by atoms with Gasteiger partial charge in [0, 0.05) is 10.8 Å². The Morgan fingerprint density at radius 2 is 1.83 bits per heavy atom. The predicted octanol–water partition coefficient (Wildman–Crippen LogP) is 5.58. The van der Waals surface area contributed by atoms with Crippen LogP contribution in [0.15, 0.2) is 76.5 Å². The van der Waals surface area contributed by atoms with Crippen molar-refractivity contribution in [1.29, 1.82) is 0 Å². The number of furan rings is 1. The quantitative estimate of drug-likeness (QED) is 0.342. The third-order valence-corrected chi connectivity index (χ3v) is 5.44. The maximum absolute atomic E-state index is 13.1. The van der Waals surface area contributed by atoms with Crippen molar-refractivity contribution in [2.45, 2.75) is 24.1 Å². The highest BCUT2D eigenvalue weighted by Crippen LogP contribution is 2.24. The zero-order valence-electron chi connectivity index (χ0n) is 15.3. The molecule has 0 bridgehead atoms. The number of benzene rings is 2. The van der Waals surface area contributed by atoms with Crippen LogP contribution in [-0.2, 0) is 18.9 Å². The molecule has 0 saturated carbocycles. The Kier molecular flexibility index (Phi) is 6.17. The van der Waals surface area contributed by atoms with Gasteiger partial charge in [-0.15, -0.1) is 10.2 Å². The minimum atomic E-state index is -0.249. The van der Waals surface area contributed by atoms with E-state index < -0.39 is 0 Å². The van der Waals surface area contributed by atoms with Crippen LogP contribution in [0.3, 0.4) is 0 Å². The van der Waals surface area contributed by atoms with Crippen LogP contribution in [-0.4, -0.2) is 14.8 Å². The minimum absolute atomic E-state index is 0.249. The largest absolute Gasteiger partial charge is 0.486 e. The van der Waals surface area contributed by atoms with Gasteiger partial charge < -0.3 is 9.15 Å². The Bertz CT molecular complexity index is 984. The molecule has 2 aromatic heterocycles. The van der Waals surface area contributed by atoms with Crippen LogP contribution in [0.1, 0.15) is 17.1 Å². The summed E-state index contributed by atoms with van der Waals surface area (Å²) < 4.78 is 26.4. The lowest BCUT2D eigenvalue weighted by Gasteiger charge is -2.10. The van der Waals surface area contributed by atoms with Gasteiger partial charge in [-0.2, -0.15) is 0 Å². The lowest BCUT2D eigenvalue weighted by atomic mass is 10.2. The second-order valence-corrected chi connectivity index (χ2v) is 7.60. The van der Waals surface area contributed by atoms with Crippen LogP contribution in [0.2, 0.25) is 5.02 Å². The minimum Gasteiger partial charge on any atom is -0.486 e. The molecule has 2 heterocycles. The molecule has 8 heteroatoms. The smallest absolute Gasteiger partial charge is 0.192 e. The molecule has 0 spiro atoms. The maximum Gasteiger partial charge on any atom is 0.192 e. The standard InChI is InChI=1S/C21H17ClFN3O2S/c22-16-5-9-18(10-6-16)28-13-20-24-25-21(26(20)12-19-2-1-11-27-19)29-14-15-3-7-17(23)8-4-15/h1-11H,12-14H2. The number of hydrogen-bond acceptors (Lipinski definition) is 5. The zero-order valence-corrected chi connectivity index (χ0v) is 16.9. The molecule has 5 nitrogen and oxygen atoms in total. The molecule has 148 valence electrons. The van der Waals surface area contributed by atoms with Crippen LogP contribution in [0.25, 0.3) is 0 Å². The van der Waals surface area contributed by atoms with Gasteiger partial charge in [0.1, 0.15) is 23.9 Å². The van der Waals surface area contributed by atoms with Gasteiger partial charge in [0.05, 0.1) is 12.8 Å². The van der Waals surface area contributed by atoms with Crippen LogP contribution in [0.4, 0.5) is 4.39 Å². The highest BCUT2D eigenvalue weighted by atomic mass is 35.5. The predicted molar refractivity (Wildman–Crippen MR) is 110 cm³/mol. The van der Waals surface area contributed by atoms with Crippen LogP contribution < -0.4 is 4.74 Å². The van der Waals surface area contributed by atoms with Crippen molar-refractivity contribution in [3.63, 3.8) is 0 Å². The van der Waals surface area contributed by atoms with Gasteiger partial charge in [0.25, 0.3) is 0 Å². The van der Waals surface area contributed by atoms with E-state index in [1.807, 2.05) is 16.7 Å². The summed E-state index contributed by atoms with van der Waals surface area (Å²) in [6.45, 7) is 0.748. The second kappa shape index (κ2) is 9.15. The second-order valence-electron chi connectivity index (χ2n) is 6.22. The lowest BCUT2D eigenvalue weighted by Crippen LogP contribution is -2.09. The topological polar surface area (TPSA) is 53.1 Å². The molecule has 4 aromatic rings. The first-order valence-electron chi connectivity index (χ1n) is 8.87. The molecule has 0 aliphatic heterocycles. The summed E-state index contributed by atoms with van der Waals surface area (Å²) in [5.74, 6) is 2.57. The molecule has 0 unspecified atom stereocenters. The number of rotatable bonds is 8. The van der Waals surface area contributed by atoms with Crippen molar-refractivity contribution >= 4 is 23.4 Å². The number of aromatic nitrogens is 3. The normalized spacial score (nSPS) is 11.0.